The van der Waals surface area contributed by atoms with Crippen molar-refractivity contribution in [1.29, 1.82) is 5.26 Å². The van der Waals surface area contributed by atoms with Crippen molar-refractivity contribution in [3.05, 3.63) is 53.6 Å². The first kappa shape index (κ1) is 15.4. The molecule has 5 heteroatoms. The Morgan fingerprint density at radius 3 is 2.64 bits per heavy atom. The number of amides is 1. The van der Waals surface area contributed by atoms with Crippen LogP contribution in [0.2, 0.25) is 0 Å². The van der Waals surface area contributed by atoms with Crippen LogP contribution in [0, 0.1) is 18.3 Å². The smallest absolute Gasteiger partial charge is 0.227 e. The molecule has 0 fully saturated rings. The van der Waals surface area contributed by atoms with Crippen LogP contribution in [0.4, 0.5) is 11.4 Å². The van der Waals surface area contributed by atoms with E-state index >= 15 is 0 Å². The summed E-state index contributed by atoms with van der Waals surface area (Å²) in [6, 6.07) is 14.1. The van der Waals surface area contributed by atoms with Gasteiger partial charge in [0.2, 0.25) is 5.91 Å². The van der Waals surface area contributed by atoms with Gasteiger partial charge in [-0.3, -0.25) is 4.79 Å². The molecule has 1 amide bonds. The molecule has 0 spiro atoms. The standard InChI is InChI=1S/C17H17N3O2/c1-12-10-14(19)4-7-16(12)20-17(21)8-9-22-15-5-2-13(11-18)3-6-15/h2-7,10H,8-9,19H2,1H3,(H,20,21). The Morgan fingerprint density at radius 2 is 2.00 bits per heavy atom. The highest BCUT2D eigenvalue weighted by molar-refractivity contribution is 5.91. The molecule has 0 bridgehead atoms. The molecule has 2 aromatic rings. The molecule has 2 rings (SSSR count). The Bertz CT molecular complexity index is 703. The molecule has 0 aliphatic rings. The lowest BCUT2D eigenvalue weighted by Gasteiger charge is -2.10. The quantitative estimate of drug-likeness (QED) is 0.830. The number of nitriles is 1. The largest absolute Gasteiger partial charge is 0.493 e. The number of hydrogen-bond donors (Lipinski definition) is 2. The third-order valence-corrected chi connectivity index (χ3v) is 3.11. The highest BCUT2D eigenvalue weighted by Gasteiger charge is 2.05. The number of rotatable bonds is 5. The number of nitrogen functional groups attached to an aromatic ring is 1. The van der Waals surface area contributed by atoms with E-state index in [4.69, 9.17) is 15.7 Å². The van der Waals surface area contributed by atoms with Crippen LogP contribution in [-0.2, 0) is 4.79 Å². The summed E-state index contributed by atoms with van der Waals surface area (Å²) in [5.74, 6) is 0.511. The van der Waals surface area contributed by atoms with Gasteiger partial charge in [0.05, 0.1) is 24.7 Å². The number of hydrogen-bond acceptors (Lipinski definition) is 4. The average Bonchev–Trinajstić information content (AvgIpc) is 2.51. The number of benzene rings is 2. The van der Waals surface area contributed by atoms with E-state index in [0.29, 0.717) is 17.0 Å². The lowest BCUT2D eigenvalue weighted by molar-refractivity contribution is -0.116. The molecule has 0 aromatic heterocycles. The number of nitrogens with zero attached hydrogens (tertiary/aromatic N) is 1. The molecule has 0 heterocycles. The van der Waals surface area contributed by atoms with E-state index in [-0.39, 0.29) is 18.9 Å². The maximum Gasteiger partial charge on any atom is 0.227 e. The number of ether oxygens (including phenoxy) is 1. The molecule has 22 heavy (non-hydrogen) atoms. The van der Waals surface area contributed by atoms with Gasteiger partial charge in [0.15, 0.2) is 0 Å². The zero-order valence-electron chi connectivity index (χ0n) is 12.3. The van der Waals surface area contributed by atoms with Gasteiger partial charge in [0.25, 0.3) is 0 Å². The number of nitrogens with two attached hydrogens (primary N) is 1. The van der Waals surface area contributed by atoms with Crippen molar-refractivity contribution in [2.24, 2.45) is 0 Å². The topological polar surface area (TPSA) is 88.1 Å². The van der Waals surface area contributed by atoms with Gasteiger partial charge in [-0.05, 0) is 55.0 Å². The van der Waals surface area contributed by atoms with Crippen molar-refractivity contribution < 1.29 is 9.53 Å². The van der Waals surface area contributed by atoms with Gasteiger partial charge in [0, 0.05) is 11.4 Å². The first-order chi connectivity index (χ1) is 10.6. The Balaban J connectivity index is 1.81. The highest BCUT2D eigenvalue weighted by Crippen LogP contribution is 2.18. The molecule has 0 aliphatic carbocycles. The lowest BCUT2D eigenvalue weighted by Crippen LogP contribution is -2.15. The summed E-state index contributed by atoms with van der Waals surface area (Å²) in [6.07, 6.45) is 0.240. The summed E-state index contributed by atoms with van der Waals surface area (Å²) >= 11 is 0. The minimum absolute atomic E-state index is 0.124. The Labute approximate surface area is 129 Å². The van der Waals surface area contributed by atoms with Crippen molar-refractivity contribution in [2.45, 2.75) is 13.3 Å². The predicted octanol–water partition coefficient (Wildman–Crippen LogP) is 2.86. The van der Waals surface area contributed by atoms with Crippen molar-refractivity contribution in [2.75, 3.05) is 17.7 Å². The maximum absolute atomic E-state index is 11.9. The molecule has 0 aliphatic heterocycles. The van der Waals surface area contributed by atoms with Crippen molar-refractivity contribution in [3.63, 3.8) is 0 Å². The van der Waals surface area contributed by atoms with Crippen LogP contribution in [-0.4, -0.2) is 12.5 Å². The number of aryl methyl sites for hydroxylation is 1. The number of carbonyl (C=O) groups excluding carboxylic acids is 1. The summed E-state index contributed by atoms with van der Waals surface area (Å²) in [5, 5.41) is 11.5. The molecule has 5 nitrogen and oxygen atoms in total. The number of nitrogens with one attached hydrogen (secondary N) is 1. The highest BCUT2D eigenvalue weighted by atomic mass is 16.5. The maximum atomic E-state index is 11.9. The van der Waals surface area contributed by atoms with Gasteiger partial charge < -0.3 is 15.8 Å². The zero-order chi connectivity index (χ0) is 15.9. The number of anilines is 2. The van der Waals surface area contributed by atoms with E-state index in [0.717, 1.165) is 11.3 Å². The minimum atomic E-state index is -0.124. The summed E-state index contributed by atoms with van der Waals surface area (Å²) in [5.41, 5.74) is 8.58. The Morgan fingerprint density at radius 1 is 1.27 bits per heavy atom. The molecular formula is C17H17N3O2. The van der Waals surface area contributed by atoms with Gasteiger partial charge in [-0.2, -0.15) is 5.26 Å². The van der Waals surface area contributed by atoms with Crippen molar-refractivity contribution in [3.8, 4) is 11.8 Å². The SMILES string of the molecule is Cc1cc(N)ccc1NC(=O)CCOc1ccc(C#N)cc1. The molecule has 3 N–H and O–H groups in total. The molecule has 0 radical (unpaired) electrons. The van der Waals surface area contributed by atoms with E-state index in [1.54, 1.807) is 36.4 Å². The molecule has 0 saturated heterocycles. The van der Waals surface area contributed by atoms with Crippen molar-refractivity contribution in [1.82, 2.24) is 0 Å². The first-order valence-electron chi connectivity index (χ1n) is 6.87. The second kappa shape index (κ2) is 7.14. The summed E-state index contributed by atoms with van der Waals surface area (Å²) in [4.78, 5) is 11.9. The summed E-state index contributed by atoms with van der Waals surface area (Å²) in [6.45, 7) is 2.16. The normalized spacial score (nSPS) is 9.82. The van der Waals surface area contributed by atoms with Gasteiger partial charge in [0.1, 0.15) is 5.75 Å². The fourth-order valence-corrected chi connectivity index (χ4v) is 1.93. The lowest BCUT2D eigenvalue weighted by atomic mass is 10.2. The molecule has 0 saturated carbocycles. The van der Waals surface area contributed by atoms with Crippen LogP contribution in [0.3, 0.4) is 0 Å². The molecule has 112 valence electrons. The van der Waals surface area contributed by atoms with Crippen LogP contribution in [0.5, 0.6) is 5.75 Å². The van der Waals surface area contributed by atoms with E-state index in [9.17, 15) is 4.79 Å². The Kier molecular flexibility index (Phi) is 4.99. The molecular weight excluding hydrogens is 278 g/mol. The fourth-order valence-electron chi connectivity index (χ4n) is 1.93. The predicted molar refractivity (Wildman–Crippen MR) is 85.5 cm³/mol. The van der Waals surface area contributed by atoms with Crippen LogP contribution in [0.15, 0.2) is 42.5 Å². The van der Waals surface area contributed by atoms with Gasteiger partial charge in [-0.15, -0.1) is 0 Å². The second-order valence-electron chi connectivity index (χ2n) is 4.86. The van der Waals surface area contributed by atoms with Gasteiger partial charge in [-0.25, -0.2) is 0 Å². The van der Waals surface area contributed by atoms with E-state index in [1.165, 1.54) is 0 Å². The third kappa shape index (κ3) is 4.25. The zero-order valence-corrected chi connectivity index (χ0v) is 12.3. The molecule has 0 unspecified atom stereocenters. The van der Waals surface area contributed by atoms with E-state index in [2.05, 4.69) is 5.32 Å². The molecule has 2 aromatic carbocycles. The van der Waals surface area contributed by atoms with Gasteiger partial charge >= 0.3 is 0 Å². The minimum Gasteiger partial charge on any atom is -0.493 e. The molecule has 0 atom stereocenters. The van der Waals surface area contributed by atoms with E-state index < -0.39 is 0 Å². The van der Waals surface area contributed by atoms with Crippen molar-refractivity contribution >= 4 is 17.3 Å². The van der Waals surface area contributed by atoms with Crippen LogP contribution in [0.25, 0.3) is 0 Å². The van der Waals surface area contributed by atoms with Crippen LogP contribution < -0.4 is 15.8 Å². The van der Waals surface area contributed by atoms with Gasteiger partial charge in [-0.1, -0.05) is 0 Å². The van der Waals surface area contributed by atoms with E-state index in [1.807, 2.05) is 19.1 Å². The summed E-state index contributed by atoms with van der Waals surface area (Å²) < 4.78 is 5.47. The van der Waals surface area contributed by atoms with Crippen LogP contribution >= 0.6 is 0 Å². The number of carbonyl (C=O) groups is 1. The third-order valence-electron chi connectivity index (χ3n) is 3.11. The van der Waals surface area contributed by atoms with Crippen LogP contribution in [0.1, 0.15) is 17.5 Å². The monoisotopic (exact) mass is 295 g/mol. The Hall–Kier alpha value is -3.00. The fraction of sp³-hybridized carbons (Fsp3) is 0.176. The average molecular weight is 295 g/mol. The summed E-state index contributed by atoms with van der Waals surface area (Å²) in [7, 11) is 0. The second-order valence-corrected chi connectivity index (χ2v) is 4.86. The first-order valence-corrected chi connectivity index (χ1v) is 6.87.